The Labute approximate surface area is 157 Å². The van der Waals surface area contributed by atoms with Gasteiger partial charge in [0, 0.05) is 32.7 Å². The molecule has 0 unspecified atom stereocenters. The first-order chi connectivity index (χ1) is 12.7. The maximum absolute atomic E-state index is 12.2. The van der Waals surface area contributed by atoms with Crippen molar-refractivity contribution in [3.8, 4) is 11.8 Å². The van der Waals surface area contributed by atoms with Crippen LogP contribution in [0.5, 0.6) is 5.75 Å². The lowest BCUT2D eigenvalue weighted by atomic mass is 10.2. The lowest BCUT2D eigenvalue weighted by Gasteiger charge is -2.34. The molecule has 1 aliphatic rings. The zero-order chi connectivity index (χ0) is 18.4. The summed E-state index contributed by atoms with van der Waals surface area (Å²) in [5.41, 5.74) is 1.75. The number of hydrogen-bond acceptors (Lipinski definition) is 6. The molecule has 1 N–H and O–H groups in total. The van der Waals surface area contributed by atoms with Crippen LogP contribution in [0.4, 0.5) is 5.00 Å². The Morgan fingerprint density at radius 1 is 1.27 bits per heavy atom. The van der Waals surface area contributed by atoms with Crippen molar-refractivity contribution in [3.05, 3.63) is 46.8 Å². The minimum atomic E-state index is -0.0646. The van der Waals surface area contributed by atoms with Crippen molar-refractivity contribution in [2.45, 2.75) is 6.54 Å². The Bertz CT molecular complexity index is 791. The number of anilines is 1. The highest BCUT2D eigenvalue weighted by atomic mass is 32.1. The molecule has 0 bridgehead atoms. The van der Waals surface area contributed by atoms with Gasteiger partial charge in [-0.15, -0.1) is 11.3 Å². The zero-order valence-electron chi connectivity index (χ0n) is 14.8. The van der Waals surface area contributed by atoms with Crippen molar-refractivity contribution in [1.82, 2.24) is 9.80 Å². The minimum Gasteiger partial charge on any atom is -0.497 e. The molecule has 0 spiro atoms. The monoisotopic (exact) mass is 370 g/mol. The zero-order valence-corrected chi connectivity index (χ0v) is 15.6. The third kappa shape index (κ3) is 4.82. The highest BCUT2D eigenvalue weighted by Crippen LogP contribution is 2.22. The molecule has 2 heterocycles. The molecule has 0 radical (unpaired) electrons. The minimum absolute atomic E-state index is 0.0646. The average molecular weight is 370 g/mol. The molecule has 6 nitrogen and oxygen atoms in total. The molecule has 26 heavy (non-hydrogen) atoms. The summed E-state index contributed by atoms with van der Waals surface area (Å²) in [6.07, 6.45) is 0. The van der Waals surface area contributed by atoms with Crippen LogP contribution >= 0.6 is 11.3 Å². The number of piperazine rings is 1. The Morgan fingerprint density at radius 3 is 2.77 bits per heavy atom. The topological polar surface area (TPSA) is 68.6 Å². The van der Waals surface area contributed by atoms with Crippen molar-refractivity contribution >= 4 is 22.2 Å². The van der Waals surface area contributed by atoms with E-state index in [0.717, 1.165) is 38.5 Å². The van der Waals surface area contributed by atoms with E-state index in [1.807, 2.05) is 17.5 Å². The van der Waals surface area contributed by atoms with Gasteiger partial charge in [0.05, 0.1) is 19.2 Å². The predicted molar refractivity (Wildman–Crippen MR) is 102 cm³/mol. The van der Waals surface area contributed by atoms with Crippen LogP contribution in [-0.4, -0.2) is 55.5 Å². The smallest absolute Gasteiger partial charge is 0.239 e. The van der Waals surface area contributed by atoms with Gasteiger partial charge in [-0.2, -0.15) is 5.26 Å². The second-order valence-corrected chi connectivity index (χ2v) is 7.14. The first-order valence-corrected chi connectivity index (χ1v) is 9.41. The van der Waals surface area contributed by atoms with Gasteiger partial charge in [-0.05, 0) is 29.1 Å². The molecule has 1 aliphatic heterocycles. The number of rotatable bonds is 6. The van der Waals surface area contributed by atoms with Crippen molar-refractivity contribution in [2.24, 2.45) is 0 Å². The fraction of sp³-hybridized carbons (Fsp3) is 0.368. The lowest BCUT2D eigenvalue weighted by molar-refractivity contribution is -0.117. The van der Waals surface area contributed by atoms with E-state index in [9.17, 15) is 4.79 Å². The van der Waals surface area contributed by atoms with E-state index in [1.165, 1.54) is 16.9 Å². The number of carbonyl (C=O) groups excluding carboxylic acids is 1. The van der Waals surface area contributed by atoms with Gasteiger partial charge >= 0.3 is 0 Å². The number of benzene rings is 1. The molecular weight excluding hydrogens is 348 g/mol. The SMILES string of the molecule is COc1cccc(CN2CCN(CC(=O)Nc3sccc3C#N)CC2)c1. The summed E-state index contributed by atoms with van der Waals surface area (Å²) in [6.45, 7) is 4.80. The third-order valence-corrected chi connectivity index (χ3v) is 5.24. The molecule has 0 aliphatic carbocycles. The van der Waals surface area contributed by atoms with Crippen LogP contribution in [0.15, 0.2) is 35.7 Å². The molecular formula is C19H22N4O2S. The van der Waals surface area contributed by atoms with Gasteiger partial charge in [-0.3, -0.25) is 14.6 Å². The van der Waals surface area contributed by atoms with Gasteiger partial charge in [-0.1, -0.05) is 12.1 Å². The molecule has 1 amide bonds. The van der Waals surface area contributed by atoms with Gasteiger partial charge in [0.25, 0.3) is 0 Å². The van der Waals surface area contributed by atoms with Gasteiger partial charge in [-0.25, -0.2) is 0 Å². The molecule has 3 rings (SSSR count). The summed E-state index contributed by atoms with van der Waals surface area (Å²) in [6, 6.07) is 11.9. The van der Waals surface area contributed by atoms with Crippen molar-refractivity contribution in [2.75, 3.05) is 45.2 Å². The van der Waals surface area contributed by atoms with Gasteiger partial charge in [0.1, 0.15) is 16.8 Å². The number of amides is 1. The third-order valence-electron chi connectivity index (χ3n) is 4.41. The number of ether oxygens (including phenoxy) is 1. The second-order valence-electron chi connectivity index (χ2n) is 6.23. The largest absolute Gasteiger partial charge is 0.497 e. The number of nitriles is 1. The Balaban J connectivity index is 1.45. The number of hydrogen-bond donors (Lipinski definition) is 1. The highest BCUT2D eigenvalue weighted by molar-refractivity contribution is 7.14. The number of carbonyl (C=O) groups is 1. The summed E-state index contributed by atoms with van der Waals surface area (Å²) in [5, 5.41) is 14.3. The molecule has 2 aromatic rings. The van der Waals surface area contributed by atoms with E-state index in [2.05, 4.69) is 33.3 Å². The van der Waals surface area contributed by atoms with E-state index < -0.39 is 0 Å². The number of nitrogens with zero attached hydrogens (tertiary/aromatic N) is 3. The molecule has 0 saturated carbocycles. The van der Waals surface area contributed by atoms with Gasteiger partial charge in [0.2, 0.25) is 5.91 Å². The Hall–Kier alpha value is -2.40. The van der Waals surface area contributed by atoms with E-state index in [-0.39, 0.29) is 5.91 Å². The predicted octanol–water partition coefficient (Wildman–Crippen LogP) is 2.38. The normalized spacial score (nSPS) is 15.4. The second kappa shape index (κ2) is 8.81. The first-order valence-electron chi connectivity index (χ1n) is 8.53. The van der Waals surface area contributed by atoms with Crippen LogP contribution in [0.25, 0.3) is 0 Å². The van der Waals surface area contributed by atoms with E-state index in [0.29, 0.717) is 17.1 Å². The van der Waals surface area contributed by atoms with Crippen molar-refractivity contribution in [3.63, 3.8) is 0 Å². The maximum atomic E-state index is 12.2. The van der Waals surface area contributed by atoms with Crippen molar-refractivity contribution in [1.29, 1.82) is 5.26 Å². The average Bonchev–Trinajstić information content (AvgIpc) is 3.10. The standard InChI is InChI=1S/C19H22N4O2S/c1-25-17-4-2-3-15(11-17)13-22-6-8-23(9-7-22)14-18(24)21-19-16(12-20)5-10-26-19/h2-5,10-11H,6-9,13-14H2,1H3,(H,21,24). The number of thiophene rings is 1. The highest BCUT2D eigenvalue weighted by Gasteiger charge is 2.19. The van der Waals surface area contributed by atoms with Crippen LogP contribution in [-0.2, 0) is 11.3 Å². The van der Waals surface area contributed by atoms with E-state index in [4.69, 9.17) is 10.00 Å². The summed E-state index contributed by atoms with van der Waals surface area (Å²) >= 11 is 1.38. The van der Waals surface area contributed by atoms with Crippen molar-refractivity contribution < 1.29 is 9.53 Å². The first kappa shape index (κ1) is 18.4. The molecule has 0 atom stereocenters. The Morgan fingerprint density at radius 2 is 2.04 bits per heavy atom. The molecule has 136 valence electrons. The van der Waals surface area contributed by atoms with Crippen LogP contribution in [0.3, 0.4) is 0 Å². The lowest BCUT2D eigenvalue weighted by Crippen LogP contribution is -2.48. The molecule has 1 aromatic heterocycles. The van der Waals surface area contributed by atoms with E-state index in [1.54, 1.807) is 13.2 Å². The van der Waals surface area contributed by atoms with Crippen LogP contribution in [0.2, 0.25) is 0 Å². The van der Waals surface area contributed by atoms with Gasteiger partial charge < -0.3 is 10.1 Å². The fourth-order valence-electron chi connectivity index (χ4n) is 3.00. The maximum Gasteiger partial charge on any atom is 0.239 e. The molecule has 7 heteroatoms. The summed E-state index contributed by atoms with van der Waals surface area (Å²) < 4.78 is 5.27. The summed E-state index contributed by atoms with van der Waals surface area (Å²) in [5.74, 6) is 0.813. The fourth-order valence-corrected chi connectivity index (χ4v) is 3.75. The number of nitrogens with one attached hydrogen (secondary N) is 1. The molecule has 1 aromatic carbocycles. The van der Waals surface area contributed by atoms with Crippen LogP contribution in [0, 0.1) is 11.3 Å². The Kier molecular flexibility index (Phi) is 6.23. The van der Waals surface area contributed by atoms with Gasteiger partial charge in [0.15, 0.2) is 0 Å². The van der Waals surface area contributed by atoms with Crippen LogP contribution in [0.1, 0.15) is 11.1 Å². The number of methoxy groups -OCH3 is 1. The molecule has 1 fully saturated rings. The molecule has 1 saturated heterocycles. The summed E-state index contributed by atoms with van der Waals surface area (Å²) in [4.78, 5) is 16.7. The summed E-state index contributed by atoms with van der Waals surface area (Å²) in [7, 11) is 1.68. The van der Waals surface area contributed by atoms with Crippen LogP contribution < -0.4 is 10.1 Å². The van der Waals surface area contributed by atoms with E-state index >= 15 is 0 Å². The quantitative estimate of drug-likeness (QED) is 0.846.